The van der Waals surface area contributed by atoms with E-state index in [1.54, 1.807) is 17.6 Å². The predicted octanol–water partition coefficient (Wildman–Crippen LogP) is 5.20. The summed E-state index contributed by atoms with van der Waals surface area (Å²) in [5.74, 6) is -1.29. The van der Waals surface area contributed by atoms with Gasteiger partial charge in [-0.25, -0.2) is 8.78 Å². The molecular weight excluding hydrogens is 484 g/mol. The van der Waals surface area contributed by atoms with Crippen LogP contribution in [0.15, 0.2) is 48.5 Å². The Morgan fingerprint density at radius 2 is 2.03 bits per heavy atom. The molecule has 0 bridgehead atoms. The zero-order valence-electron chi connectivity index (χ0n) is 19.8. The number of hydrogen-bond acceptors (Lipinski definition) is 6. The zero-order valence-corrected chi connectivity index (χ0v) is 19.8. The number of nitrogens with one attached hydrogen (secondary N) is 1. The van der Waals surface area contributed by atoms with Crippen LogP contribution in [-0.2, 0) is 4.79 Å². The molecule has 2 atom stereocenters. The molecule has 8 nitrogen and oxygen atoms in total. The first-order valence-corrected chi connectivity index (χ1v) is 11.9. The molecule has 0 amide bonds. The first-order valence-electron chi connectivity index (χ1n) is 11.9. The van der Waals surface area contributed by atoms with Crippen molar-refractivity contribution in [2.75, 3.05) is 25.1 Å². The van der Waals surface area contributed by atoms with Gasteiger partial charge >= 0.3 is 12.0 Å². The minimum Gasteiger partial charge on any atom is -0.493 e. The first-order chi connectivity index (χ1) is 17.9. The summed E-state index contributed by atoms with van der Waals surface area (Å²) in [6, 6.07) is 13.2. The van der Waals surface area contributed by atoms with Gasteiger partial charge in [-0.1, -0.05) is 18.2 Å². The van der Waals surface area contributed by atoms with Gasteiger partial charge in [0.25, 0.3) is 0 Å². The van der Waals surface area contributed by atoms with Gasteiger partial charge in [-0.3, -0.25) is 9.36 Å². The highest BCUT2D eigenvalue weighted by Crippen LogP contribution is 2.43. The summed E-state index contributed by atoms with van der Waals surface area (Å²) in [6.45, 7) is 2.75. The third kappa shape index (κ3) is 3.98. The standard InChI is InChI=1S/C27H23F2N3O5/c1-2-35-27-31-25-19(29)9-15(28)10-22(25)32(27)21-5-3-4-18-20(13-37-26(18)21)30-16-6-7-17-14(8-24(33)34)12-36-23(17)11-16/h3-7,9-11,14,20,30H,2,8,12-13H2,1H3,(H,33,34). The van der Waals surface area contributed by atoms with E-state index in [4.69, 9.17) is 19.3 Å². The number of ether oxygens (including phenoxy) is 3. The molecule has 0 spiro atoms. The summed E-state index contributed by atoms with van der Waals surface area (Å²) in [7, 11) is 0. The molecule has 3 heterocycles. The minimum atomic E-state index is -0.859. The molecule has 0 fully saturated rings. The molecule has 37 heavy (non-hydrogen) atoms. The number of halogens is 2. The number of rotatable bonds is 7. The van der Waals surface area contributed by atoms with Crippen molar-refractivity contribution in [1.82, 2.24) is 9.55 Å². The Labute approximate surface area is 210 Å². The lowest BCUT2D eigenvalue weighted by atomic mass is 9.97. The number of nitrogens with zero attached hydrogens (tertiary/aromatic N) is 2. The molecule has 0 aliphatic carbocycles. The number of carboxylic acids is 1. The predicted molar refractivity (Wildman–Crippen MR) is 131 cm³/mol. The molecule has 1 aromatic heterocycles. The fourth-order valence-electron chi connectivity index (χ4n) is 5.01. The van der Waals surface area contributed by atoms with Gasteiger partial charge in [0.15, 0.2) is 5.82 Å². The third-order valence-electron chi connectivity index (χ3n) is 6.61. The van der Waals surface area contributed by atoms with Gasteiger partial charge in [-0.15, -0.1) is 0 Å². The number of carboxylic acid groups (broad SMARTS) is 1. The van der Waals surface area contributed by atoms with Crippen LogP contribution < -0.4 is 19.5 Å². The van der Waals surface area contributed by atoms with E-state index in [1.165, 1.54) is 6.07 Å². The zero-order chi connectivity index (χ0) is 25.7. The van der Waals surface area contributed by atoms with Gasteiger partial charge in [0.2, 0.25) is 0 Å². The Balaban J connectivity index is 1.34. The van der Waals surface area contributed by atoms with Crippen LogP contribution in [0.2, 0.25) is 0 Å². The number of imidazole rings is 1. The summed E-state index contributed by atoms with van der Waals surface area (Å²) >= 11 is 0. The van der Waals surface area contributed by atoms with Crippen LogP contribution in [0.5, 0.6) is 17.5 Å². The van der Waals surface area contributed by atoms with Crippen molar-refractivity contribution >= 4 is 22.7 Å². The van der Waals surface area contributed by atoms with Gasteiger partial charge in [0.1, 0.15) is 29.4 Å². The summed E-state index contributed by atoms with van der Waals surface area (Å²) in [5.41, 5.74) is 3.35. The number of para-hydroxylation sites is 1. The van der Waals surface area contributed by atoms with Crippen molar-refractivity contribution in [3.63, 3.8) is 0 Å². The summed E-state index contributed by atoms with van der Waals surface area (Å²) < 4.78 is 47.7. The number of benzene rings is 3. The lowest BCUT2D eigenvalue weighted by molar-refractivity contribution is -0.137. The molecule has 10 heteroatoms. The SMILES string of the molecule is CCOc1nc2c(F)cc(F)cc2n1-c1cccc2c1OCC2Nc1ccc2c(c1)OCC2CC(=O)O. The van der Waals surface area contributed by atoms with E-state index in [2.05, 4.69) is 10.3 Å². The van der Waals surface area contributed by atoms with Gasteiger partial charge in [-0.2, -0.15) is 4.98 Å². The number of fused-ring (bicyclic) bond motifs is 3. The molecule has 2 aliphatic heterocycles. The fraction of sp³-hybridized carbons (Fsp3) is 0.259. The molecule has 2 aliphatic rings. The van der Waals surface area contributed by atoms with Gasteiger partial charge in [-0.05, 0) is 19.1 Å². The lowest BCUT2D eigenvalue weighted by Gasteiger charge is -2.15. The Kier molecular flexibility index (Phi) is 5.58. The summed E-state index contributed by atoms with van der Waals surface area (Å²) in [5, 5.41) is 12.6. The molecule has 0 radical (unpaired) electrons. The maximum atomic E-state index is 14.5. The molecule has 190 valence electrons. The summed E-state index contributed by atoms with van der Waals surface area (Å²) in [4.78, 5) is 15.4. The average molecular weight is 507 g/mol. The minimum absolute atomic E-state index is 0.00877. The molecule has 2 unspecified atom stereocenters. The normalized spacial score (nSPS) is 17.7. The smallest absolute Gasteiger partial charge is 0.304 e. The first kappa shape index (κ1) is 23.1. The number of hydrogen-bond donors (Lipinski definition) is 2. The Bertz CT molecular complexity index is 1540. The number of carbonyl (C=O) groups is 1. The second-order valence-corrected chi connectivity index (χ2v) is 8.98. The molecule has 3 aromatic carbocycles. The number of aromatic nitrogens is 2. The van der Waals surface area contributed by atoms with Crippen LogP contribution >= 0.6 is 0 Å². The Hall–Kier alpha value is -4.34. The maximum absolute atomic E-state index is 14.5. The second kappa shape index (κ2) is 8.95. The second-order valence-electron chi connectivity index (χ2n) is 8.98. The molecular formula is C27H23F2N3O5. The van der Waals surface area contributed by atoms with Crippen LogP contribution in [0.1, 0.15) is 36.4 Å². The molecule has 2 N–H and O–H groups in total. The van der Waals surface area contributed by atoms with Crippen molar-refractivity contribution in [2.24, 2.45) is 0 Å². The largest absolute Gasteiger partial charge is 0.493 e. The van der Waals surface area contributed by atoms with Crippen LogP contribution in [0.3, 0.4) is 0 Å². The summed E-state index contributed by atoms with van der Waals surface area (Å²) in [6.07, 6.45) is 0.0207. The van der Waals surface area contributed by atoms with E-state index in [-0.39, 0.29) is 35.4 Å². The van der Waals surface area contributed by atoms with Gasteiger partial charge in [0, 0.05) is 40.9 Å². The van der Waals surface area contributed by atoms with Crippen molar-refractivity contribution in [1.29, 1.82) is 0 Å². The average Bonchev–Trinajstić information content (AvgIpc) is 3.55. The highest BCUT2D eigenvalue weighted by molar-refractivity contribution is 5.81. The maximum Gasteiger partial charge on any atom is 0.304 e. The molecule has 6 rings (SSSR count). The van der Waals surface area contributed by atoms with E-state index in [0.717, 1.165) is 22.9 Å². The Morgan fingerprint density at radius 3 is 2.84 bits per heavy atom. The van der Waals surface area contributed by atoms with Crippen molar-refractivity contribution in [3.8, 4) is 23.2 Å². The van der Waals surface area contributed by atoms with Crippen molar-refractivity contribution < 1.29 is 32.9 Å². The Morgan fingerprint density at radius 1 is 1.16 bits per heavy atom. The van der Waals surface area contributed by atoms with Crippen LogP contribution in [0.25, 0.3) is 16.7 Å². The molecule has 4 aromatic rings. The van der Waals surface area contributed by atoms with Crippen LogP contribution in [0, 0.1) is 11.6 Å². The molecule has 0 saturated heterocycles. The highest BCUT2D eigenvalue weighted by atomic mass is 19.1. The van der Waals surface area contributed by atoms with Crippen LogP contribution in [0.4, 0.5) is 14.5 Å². The van der Waals surface area contributed by atoms with E-state index in [9.17, 15) is 13.6 Å². The van der Waals surface area contributed by atoms with E-state index in [1.807, 2.05) is 30.3 Å². The highest BCUT2D eigenvalue weighted by Gasteiger charge is 2.31. The number of aliphatic carboxylic acids is 1. The third-order valence-corrected chi connectivity index (χ3v) is 6.61. The van der Waals surface area contributed by atoms with E-state index in [0.29, 0.717) is 37.0 Å². The van der Waals surface area contributed by atoms with Crippen molar-refractivity contribution in [2.45, 2.75) is 25.3 Å². The topological polar surface area (TPSA) is 94.8 Å². The van der Waals surface area contributed by atoms with Gasteiger partial charge < -0.3 is 24.6 Å². The lowest BCUT2D eigenvalue weighted by Crippen LogP contribution is -2.11. The monoisotopic (exact) mass is 507 g/mol. The quantitative estimate of drug-likeness (QED) is 0.355. The van der Waals surface area contributed by atoms with Crippen molar-refractivity contribution in [3.05, 3.63) is 71.3 Å². The van der Waals surface area contributed by atoms with Gasteiger partial charge in [0.05, 0.1) is 36.9 Å². The molecule has 0 saturated carbocycles. The van der Waals surface area contributed by atoms with Crippen LogP contribution in [-0.4, -0.2) is 40.4 Å². The van der Waals surface area contributed by atoms with E-state index < -0.39 is 17.6 Å². The van der Waals surface area contributed by atoms with E-state index >= 15 is 0 Å². The fourth-order valence-corrected chi connectivity index (χ4v) is 5.01. The number of anilines is 1.